The lowest BCUT2D eigenvalue weighted by atomic mass is 10.1. The maximum atomic E-state index is 10.3. The Morgan fingerprint density at radius 3 is 2.20 bits per heavy atom. The Balaban J connectivity index is 0.000000246. The molecule has 1 aromatic heterocycles. The first-order valence-corrected chi connectivity index (χ1v) is 6.70. The molecule has 0 aliphatic heterocycles. The summed E-state index contributed by atoms with van der Waals surface area (Å²) in [6.07, 6.45) is 1.81. The minimum atomic E-state index is 0.0139. The van der Waals surface area contributed by atoms with Crippen molar-refractivity contribution in [1.29, 1.82) is 0 Å². The van der Waals surface area contributed by atoms with Crippen LogP contribution in [0, 0.1) is 6.92 Å². The summed E-state index contributed by atoms with van der Waals surface area (Å²) in [6.45, 7) is 5.49. The molecule has 2 aromatic rings. The highest BCUT2D eigenvalue weighted by molar-refractivity contribution is 5.80. The number of ketones is 1. The predicted octanol–water partition coefficient (Wildman–Crippen LogP) is 3.24. The lowest BCUT2D eigenvalue weighted by molar-refractivity contribution is -0.118. The summed E-state index contributed by atoms with van der Waals surface area (Å²) in [5, 5.41) is 2.81. The number of nitrogens with one attached hydrogen (secondary N) is 1. The summed E-state index contributed by atoms with van der Waals surface area (Å²) in [5.74, 6) is 0.183. The number of hydrogen-bond donors (Lipinski definition) is 1. The second-order valence-corrected chi connectivity index (χ2v) is 4.70. The van der Waals surface area contributed by atoms with Crippen LogP contribution in [0.15, 0.2) is 48.7 Å². The van der Waals surface area contributed by atoms with E-state index in [4.69, 9.17) is 0 Å². The summed E-state index contributed by atoms with van der Waals surface area (Å²) in [6, 6.07) is 14.4. The summed E-state index contributed by atoms with van der Waals surface area (Å²) in [5.41, 5.74) is 3.48. The molecule has 0 saturated heterocycles. The number of aromatic nitrogens is 1. The highest BCUT2D eigenvalue weighted by Gasteiger charge is 2.00. The minimum absolute atomic E-state index is 0.0139. The van der Waals surface area contributed by atoms with E-state index in [1.54, 1.807) is 14.0 Å². The molecule has 0 fully saturated rings. The van der Waals surface area contributed by atoms with E-state index in [1.165, 1.54) is 11.1 Å². The molecule has 3 nitrogen and oxygen atoms in total. The number of likely N-dealkylation sites (N-methyl/N-ethyl adjacent to an activating group) is 1. The Labute approximate surface area is 121 Å². The molecule has 20 heavy (non-hydrogen) atoms. The smallest absolute Gasteiger partial charge is 0.146 e. The van der Waals surface area contributed by atoms with Crippen LogP contribution in [0.3, 0.4) is 0 Å². The molecule has 0 aliphatic carbocycles. The monoisotopic (exact) mass is 270 g/mol. The van der Waals surface area contributed by atoms with Gasteiger partial charge in [0.15, 0.2) is 0 Å². The first kappa shape index (κ1) is 16.1. The van der Waals surface area contributed by atoms with Crippen LogP contribution in [0.2, 0.25) is 0 Å². The zero-order valence-corrected chi connectivity index (χ0v) is 12.6. The number of aryl methyl sites for hydroxylation is 1. The second kappa shape index (κ2) is 8.23. The highest BCUT2D eigenvalue weighted by Crippen LogP contribution is 2.15. The van der Waals surface area contributed by atoms with Crippen LogP contribution in [0.25, 0.3) is 11.3 Å². The molecule has 2 rings (SSSR count). The molecule has 1 aromatic carbocycles. The maximum absolute atomic E-state index is 10.3. The molecule has 0 unspecified atom stereocenters. The largest absolute Gasteiger partial charge is 0.311 e. The molecule has 0 radical (unpaired) electrons. The Bertz CT molecular complexity index is 520. The van der Waals surface area contributed by atoms with Crippen LogP contribution in [-0.4, -0.2) is 23.9 Å². The summed E-state index contributed by atoms with van der Waals surface area (Å²) in [7, 11) is 1.77. The Morgan fingerprint density at radius 1 is 1.15 bits per heavy atom. The van der Waals surface area contributed by atoms with Gasteiger partial charge in [0.1, 0.15) is 5.78 Å². The molecule has 0 aliphatic rings. The Morgan fingerprint density at radius 2 is 1.80 bits per heavy atom. The fourth-order valence-corrected chi connectivity index (χ4v) is 1.46. The summed E-state index contributed by atoms with van der Waals surface area (Å²) >= 11 is 0. The van der Waals surface area contributed by atoms with Gasteiger partial charge >= 0.3 is 0 Å². The Kier molecular flexibility index (Phi) is 6.60. The predicted molar refractivity (Wildman–Crippen MR) is 83.6 cm³/mol. The first-order chi connectivity index (χ1) is 9.54. The molecule has 1 heterocycles. The van der Waals surface area contributed by atoms with E-state index < -0.39 is 0 Å². The van der Waals surface area contributed by atoms with Gasteiger partial charge in [-0.15, -0.1) is 0 Å². The fourth-order valence-electron chi connectivity index (χ4n) is 1.46. The minimum Gasteiger partial charge on any atom is -0.311 e. The van der Waals surface area contributed by atoms with Gasteiger partial charge in [-0.3, -0.25) is 9.78 Å². The molecule has 3 heteroatoms. The molecule has 106 valence electrons. The Hall–Kier alpha value is -2.00. The van der Waals surface area contributed by atoms with E-state index in [1.807, 2.05) is 31.3 Å². The lowest BCUT2D eigenvalue weighted by Crippen LogP contribution is -2.28. The second-order valence-electron chi connectivity index (χ2n) is 4.70. The third-order valence-electron chi connectivity index (χ3n) is 3.06. The maximum Gasteiger partial charge on any atom is 0.146 e. The quantitative estimate of drug-likeness (QED) is 0.931. The van der Waals surface area contributed by atoms with Crippen LogP contribution in [-0.2, 0) is 4.79 Å². The van der Waals surface area contributed by atoms with Gasteiger partial charge in [-0.25, -0.2) is 0 Å². The number of hydrogen-bond acceptors (Lipinski definition) is 3. The molecule has 0 saturated carbocycles. The van der Waals surface area contributed by atoms with Crippen LogP contribution in [0.5, 0.6) is 0 Å². The van der Waals surface area contributed by atoms with Gasteiger partial charge in [0.25, 0.3) is 0 Å². The molecular weight excluding hydrogens is 248 g/mol. The average Bonchev–Trinajstić information content (AvgIpc) is 2.48. The number of Topliss-reactive ketones (excluding diaryl/α,β-unsaturated/α-hetero) is 1. The molecule has 1 N–H and O–H groups in total. The van der Waals surface area contributed by atoms with Gasteiger partial charge in [-0.1, -0.05) is 35.9 Å². The number of rotatable bonds is 3. The van der Waals surface area contributed by atoms with Gasteiger partial charge in [-0.05, 0) is 40.0 Å². The van der Waals surface area contributed by atoms with E-state index in [-0.39, 0.29) is 11.8 Å². The topological polar surface area (TPSA) is 42.0 Å². The van der Waals surface area contributed by atoms with E-state index in [0.717, 1.165) is 5.69 Å². The number of carbonyl (C=O) groups is 1. The summed E-state index contributed by atoms with van der Waals surface area (Å²) < 4.78 is 0. The van der Waals surface area contributed by atoms with Crippen molar-refractivity contribution >= 4 is 5.78 Å². The fraction of sp³-hybridized carbons (Fsp3) is 0.294. The van der Waals surface area contributed by atoms with Gasteiger partial charge in [0, 0.05) is 11.8 Å². The molecule has 0 bridgehead atoms. The molecule has 0 amide bonds. The van der Waals surface area contributed by atoms with Gasteiger partial charge in [0.2, 0.25) is 0 Å². The van der Waals surface area contributed by atoms with Crippen molar-refractivity contribution in [3.05, 3.63) is 54.2 Å². The van der Waals surface area contributed by atoms with Crippen molar-refractivity contribution in [2.24, 2.45) is 0 Å². The van der Waals surface area contributed by atoms with Crippen molar-refractivity contribution in [2.45, 2.75) is 26.8 Å². The van der Waals surface area contributed by atoms with Crippen LogP contribution >= 0.6 is 0 Å². The van der Waals surface area contributed by atoms with Gasteiger partial charge in [-0.2, -0.15) is 0 Å². The van der Waals surface area contributed by atoms with E-state index in [2.05, 4.69) is 41.5 Å². The van der Waals surface area contributed by atoms with Crippen LogP contribution in [0.1, 0.15) is 19.4 Å². The zero-order chi connectivity index (χ0) is 15.0. The number of nitrogens with zero attached hydrogens (tertiary/aromatic N) is 1. The summed E-state index contributed by atoms with van der Waals surface area (Å²) in [4.78, 5) is 14.6. The highest BCUT2D eigenvalue weighted by atomic mass is 16.1. The van der Waals surface area contributed by atoms with Crippen molar-refractivity contribution < 1.29 is 4.79 Å². The number of pyridine rings is 1. The van der Waals surface area contributed by atoms with Crippen molar-refractivity contribution in [2.75, 3.05) is 7.05 Å². The van der Waals surface area contributed by atoms with Crippen molar-refractivity contribution in [3.8, 4) is 11.3 Å². The van der Waals surface area contributed by atoms with E-state index in [9.17, 15) is 4.79 Å². The molecule has 1 atom stereocenters. The normalized spacial score (nSPS) is 11.2. The third kappa shape index (κ3) is 5.33. The van der Waals surface area contributed by atoms with E-state index in [0.29, 0.717) is 0 Å². The zero-order valence-electron chi connectivity index (χ0n) is 12.6. The van der Waals surface area contributed by atoms with Crippen LogP contribution < -0.4 is 5.32 Å². The lowest BCUT2D eigenvalue weighted by Gasteiger charge is -2.01. The molecular formula is C17H22N2O. The first-order valence-electron chi connectivity index (χ1n) is 6.70. The average molecular weight is 270 g/mol. The van der Waals surface area contributed by atoms with Crippen molar-refractivity contribution in [3.63, 3.8) is 0 Å². The van der Waals surface area contributed by atoms with Gasteiger partial charge < -0.3 is 5.32 Å². The van der Waals surface area contributed by atoms with Crippen LogP contribution in [0.4, 0.5) is 0 Å². The molecule has 0 spiro atoms. The standard InChI is InChI=1S/C12H11N.C5H11NO/c1-10-5-7-11(8-6-10)12-4-2-3-9-13-12;1-4(6-3)5(2)7/h2-9H,1H3;4,6H,1-3H3/t;4-/m.0/s1. The number of benzene rings is 1. The third-order valence-corrected chi connectivity index (χ3v) is 3.06. The van der Waals surface area contributed by atoms with E-state index >= 15 is 0 Å². The van der Waals surface area contributed by atoms with Crippen molar-refractivity contribution in [1.82, 2.24) is 10.3 Å². The number of carbonyl (C=O) groups excluding carboxylic acids is 1. The van der Waals surface area contributed by atoms with Gasteiger partial charge in [0.05, 0.1) is 11.7 Å². The SMILES string of the molecule is CN[C@@H](C)C(C)=O.Cc1ccc(-c2ccccn2)cc1.